The van der Waals surface area contributed by atoms with E-state index >= 15 is 0 Å². The maximum absolute atomic E-state index is 10.4. The molecule has 0 saturated carbocycles. The van der Waals surface area contributed by atoms with Crippen LogP contribution in [0.2, 0.25) is 0 Å². The number of nitrogens with two attached hydrogens (primary N) is 1. The Kier molecular flexibility index (Phi) is 20.3. The second-order valence-electron chi connectivity index (χ2n) is 1.36. The van der Waals surface area contributed by atoms with E-state index in [0.29, 0.717) is 6.61 Å². The predicted molar refractivity (Wildman–Crippen MR) is 29.5 cm³/mol. The fourth-order valence-corrected chi connectivity index (χ4v) is 0.368. The molecule has 0 aromatic rings. The molecule has 64 valence electrons. The molecule has 5 heteroatoms. The molecule has 0 atom stereocenters. The number of carbonyl (C=O) groups excluding carboxylic acids is 1. The van der Waals surface area contributed by atoms with Crippen molar-refractivity contribution in [3.63, 3.8) is 0 Å². The van der Waals surface area contributed by atoms with Crippen LogP contribution in [0.15, 0.2) is 0 Å². The molecule has 0 spiro atoms. The van der Waals surface area contributed by atoms with E-state index in [1.807, 2.05) is 6.92 Å². The highest BCUT2D eigenvalue weighted by Crippen LogP contribution is 1.65. The molecule has 0 aliphatic rings. The van der Waals surface area contributed by atoms with Crippen molar-refractivity contribution in [1.82, 2.24) is 0 Å². The number of hydrogen-bond donors (Lipinski definition) is 1. The molecule has 0 saturated heterocycles. The van der Waals surface area contributed by atoms with Gasteiger partial charge in [-0.3, -0.25) is 0 Å². The Morgan fingerprint density at radius 1 is 1.40 bits per heavy atom. The maximum atomic E-state index is 10.4. The van der Waals surface area contributed by atoms with Gasteiger partial charge >= 0.3 is 6.09 Å². The van der Waals surface area contributed by atoms with Crippen molar-refractivity contribution in [2.24, 2.45) is 0 Å². The van der Waals surface area contributed by atoms with Gasteiger partial charge in [0.1, 0.15) is 0 Å². The van der Waals surface area contributed by atoms with Crippen LogP contribution in [0.3, 0.4) is 0 Å². The van der Waals surface area contributed by atoms with Crippen LogP contribution in [-0.2, 0) is 4.74 Å². The van der Waals surface area contributed by atoms with Gasteiger partial charge in [-0.15, -0.1) is 0 Å². The third kappa shape index (κ3) is 11.2. The molecular formula is C5H12Br2NO2-. The quantitative estimate of drug-likeness (QED) is 0.546. The van der Waals surface area contributed by atoms with Gasteiger partial charge in [0.25, 0.3) is 0 Å². The lowest BCUT2D eigenvalue weighted by molar-refractivity contribution is -0.566. The lowest BCUT2D eigenvalue weighted by atomic mass is 10.7. The minimum Gasteiger partial charge on any atom is -1.00 e. The summed E-state index contributed by atoms with van der Waals surface area (Å²) in [5.74, 6) is 0. The van der Waals surface area contributed by atoms with Gasteiger partial charge < -0.3 is 38.7 Å². The summed E-state index contributed by atoms with van der Waals surface area (Å²) in [7, 11) is 0. The zero-order chi connectivity index (χ0) is 6.41. The average Bonchev–Trinajstić information content (AvgIpc) is 1.68. The molecule has 3 nitrogen and oxygen atoms in total. The Balaban J connectivity index is -0.000000245. The Morgan fingerprint density at radius 3 is 2.20 bits per heavy atom. The Bertz CT molecular complexity index is 72.0. The van der Waals surface area contributed by atoms with Crippen molar-refractivity contribution < 1.29 is 48.8 Å². The summed E-state index contributed by atoms with van der Waals surface area (Å²) in [6.07, 6.45) is -0.213. The largest absolute Gasteiger partial charge is 1.00 e. The van der Waals surface area contributed by atoms with Crippen molar-refractivity contribution in [3.8, 4) is 0 Å². The van der Waals surface area contributed by atoms with Crippen LogP contribution in [0.4, 0.5) is 4.79 Å². The first-order valence-electron chi connectivity index (χ1n) is 2.81. The second kappa shape index (κ2) is 12.1. The summed E-state index contributed by atoms with van der Waals surface area (Å²) in [5, 5.41) is 1.52. The highest BCUT2D eigenvalue weighted by Gasteiger charge is 1.99. The van der Waals surface area contributed by atoms with Crippen LogP contribution in [0.5, 0.6) is 0 Å². The predicted octanol–water partition coefficient (Wildman–Crippen LogP) is -6.27. The fourth-order valence-electron chi connectivity index (χ4n) is 0.368. The van der Waals surface area contributed by atoms with E-state index in [0.717, 1.165) is 6.54 Å². The molecule has 0 aliphatic heterocycles. The molecule has 0 aromatic carbocycles. The van der Waals surface area contributed by atoms with E-state index in [-0.39, 0.29) is 40.1 Å². The number of hydrogen-bond acceptors (Lipinski definition) is 2. The summed E-state index contributed by atoms with van der Waals surface area (Å²) in [6.45, 7) is 4.91. The van der Waals surface area contributed by atoms with E-state index in [9.17, 15) is 4.79 Å². The van der Waals surface area contributed by atoms with Crippen molar-refractivity contribution in [2.75, 3.05) is 13.2 Å². The van der Waals surface area contributed by atoms with Gasteiger partial charge in [-0.1, -0.05) is 0 Å². The molecule has 0 radical (unpaired) electrons. The minimum absolute atomic E-state index is 0. The molecule has 1 amide bonds. The van der Waals surface area contributed by atoms with Gasteiger partial charge in [-0.2, -0.15) is 4.79 Å². The van der Waals surface area contributed by atoms with E-state index in [2.05, 4.69) is 4.74 Å². The number of carbonyl (C=O) groups is 1. The van der Waals surface area contributed by atoms with Gasteiger partial charge in [0.2, 0.25) is 0 Å². The molecule has 0 aliphatic carbocycles. The third-order valence-electron chi connectivity index (χ3n) is 0.657. The van der Waals surface area contributed by atoms with Gasteiger partial charge in [0.15, 0.2) is 0 Å². The first-order chi connectivity index (χ1) is 3.81. The number of ether oxygens (including phenoxy) is 1. The second-order valence-corrected chi connectivity index (χ2v) is 1.36. The lowest BCUT2D eigenvalue weighted by Crippen LogP contribution is -3.00. The monoisotopic (exact) mass is 276 g/mol. The summed E-state index contributed by atoms with van der Waals surface area (Å²) >= 11 is 0. The van der Waals surface area contributed by atoms with Gasteiger partial charge in [-0.05, 0) is 13.8 Å². The molecule has 0 rings (SSSR count). The van der Waals surface area contributed by atoms with E-state index in [1.54, 1.807) is 6.92 Å². The number of halogens is 2. The summed E-state index contributed by atoms with van der Waals surface area (Å²) in [5.41, 5.74) is 0. The van der Waals surface area contributed by atoms with Crippen molar-refractivity contribution >= 4 is 6.09 Å². The molecule has 2 N–H and O–H groups in total. The van der Waals surface area contributed by atoms with Gasteiger partial charge in [0.05, 0.1) is 13.2 Å². The Labute approximate surface area is 82.0 Å². The Morgan fingerprint density at radius 2 is 1.90 bits per heavy atom. The molecule has 10 heavy (non-hydrogen) atoms. The van der Waals surface area contributed by atoms with Crippen molar-refractivity contribution in [1.29, 1.82) is 0 Å². The normalized spacial score (nSPS) is 7.00. The highest BCUT2D eigenvalue weighted by molar-refractivity contribution is 5.55. The molecule has 0 fully saturated rings. The van der Waals surface area contributed by atoms with Crippen molar-refractivity contribution in [3.05, 3.63) is 0 Å². The molecule has 0 bridgehead atoms. The number of quaternary nitrogens is 1. The van der Waals surface area contributed by atoms with Crippen molar-refractivity contribution in [2.45, 2.75) is 13.8 Å². The summed E-state index contributed by atoms with van der Waals surface area (Å²) in [6, 6.07) is 0. The van der Waals surface area contributed by atoms with Crippen LogP contribution < -0.4 is 39.3 Å². The average molecular weight is 278 g/mol. The first kappa shape index (κ1) is 16.8. The van der Waals surface area contributed by atoms with E-state index in [1.165, 1.54) is 5.32 Å². The maximum Gasteiger partial charge on any atom is 0.512 e. The molecule has 0 heterocycles. The third-order valence-corrected chi connectivity index (χ3v) is 0.657. The SMILES string of the molecule is CC[NH2+]C(=O)OCC.[Br-].[Br-]. The number of amides is 1. The minimum atomic E-state index is -0.213. The van der Waals surface area contributed by atoms with E-state index in [4.69, 9.17) is 0 Å². The van der Waals surface area contributed by atoms with Crippen LogP contribution >= 0.6 is 0 Å². The molecule has 0 aromatic heterocycles. The standard InChI is InChI=1S/C5H11NO2.2BrH/c1-3-6-5(7)8-4-2;;/h3-4H2,1-2H3,(H,6,7);2*1H/p-1. The summed E-state index contributed by atoms with van der Waals surface area (Å²) < 4.78 is 4.59. The first-order valence-corrected chi connectivity index (χ1v) is 2.81. The molecular weight excluding hydrogens is 266 g/mol. The Hall–Kier alpha value is 0.390. The lowest BCUT2D eigenvalue weighted by Gasteiger charge is -1.93. The smallest absolute Gasteiger partial charge is 0.512 e. The van der Waals surface area contributed by atoms with Crippen LogP contribution in [0.25, 0.3) is 0 Å². The summed E-state index contributed by atoms with van der Waals surface area (Å²) in [4.78, 5) is 10.4. The fraction of sp³-hybridized carbons (Fsp3) is 0.800. The van der Waals surface area contributed by atoms with Gasteiger partial charge in [-0.25, -0.2) is 5.32 Å². The number of rotatable bonds is 2. The topological polar surface area (TPSA) is 42.9 Å². The zero-order valence-electron chi connectivity index (χ0n) is 6.06. The molecule has 0 unspecified atom stereocenters. The van der Waals surface area contributed by atoms with E-state index < -0.39 is 0 Å². The number of primary amides is 1. The highest BCUT2D eigenvalue weighted by atomic mass is 79.9. The van der Waals surface area contributed by atoms with Crippen LogP contribution in [-0.4, -0.2) is 19.2 Å². The van der Waals surface area contributed by atoms with Crippen LogP contribution in [0, 0.1) is 0 Å². The van der Waals surface area contributed by atoms with Gasteiger partial charge in [0, 0.05) is 0 Å². The van der Waals surface area contributed by atoms with Crippen LogP contribution in [0.1, 0.15) is 13.8 Å². The zero-order valence-corrected chi connectivity index (χ0v) is 9.24.